The van der Waals surface area contributed by atoms with Crippen LogP contribution >= 0.6 is 0 Å². The molecular formula is C16H16O5S. The van der Waals surface area contributed by atoms with Crippen molar-refractivity contribution in [2.24, 2.45) is 17.8 Å². The average molecular weight is 320 g/mol. The van der Waals surface area contributed by atoms with E-state index in [0.717, 1.165) is 0 Å². The third-order valence-corrected chi connectivity index (χ3v) is 7.76. The molecule has 5 atom stereocenters. The van der Waals surface area contributed by atoms with Gasteiger partial charge in [-0.15, -0.1) is 0 Å². The van der Waals surface area contributed by atoms with E-state index in [9.17, 15) is 13.2 Å². The van der Waals surface area contributed by atoms with Crippen molar-refractivity contribution in [3.8, 4) is 0 Å². The smallest absolute Gasteiger partial charge is 0.313 e. The van der Waals surface area contributed by atoms with Crippen LogP contribution in [0.3, 0.4) is 0 Å². The third-order valence-electron chi connectivity index (χ3n) is 5.19. The molecular weight excluding hydrogens is 304 g/mol. The van der Waals surface area contributed by atoms with Crippen molar-refractivity contribution in [2.45, 2.75) is 22.4 Å². The maximum Gasteiger partial charge on any atom is 0.313 e. The highest BCUT2D eigenvalue weighted by atomic mass is 32.2. The van der Waals surface area contributed by atoms with Crippen LogP contribution < -0.4 is 0 Å². The third kappa shape index (κ3) is 1.42. The Labute approximate surface area is 128 Å². The van der Waals surface area contributed by atoms with Crippen LogP contribution in [0.25, 0.3) is 0 Å². The molecule has 0 amide bonds. The molecule has 2 bridgehead atoms. The first kappa shape index (κ1) is 14.0. The number of carbonyl (C=O) groups excluding carboxylic acids is 1. The monoisotopic (exact) mass is 320 g/mol. The zero-order chi connectivity index (χ0) is 15.5. The van der Waals surface area contributed by atoms with Crippen LogP contribution in [-0.4, -0.2) is 32.5 Å². The SMILES string of the molecule is CO[C@@H]1OC(=O)[C@H]2[C@H]3C=C[C@H](C3)[C@@]12S(=O)(=O)c1ccccc1. The molecule has 1 saturated carbocycles. The predicted octanol–water partition coefficient (Wildman–Crippen LogP) is 1.55. The molecule has 1 aliphatic heterocycles. The summed E-state index contributed by atoms with van der Waals surface area (Å²) in [5.74, 6) is -1.50. The fraction of sp³-hybridized carbons (Fsp3) is 0.438. The van der Waals surface area contributed by atoms with Crippen LogP contribution in [0.1, 0.15) is 6.42 Å². The second kappa shape index (κ2) is 4.43. The summed E-state index contributed by atoms with van der Waals surface area (Å²) in [6, 6.07) is 8.25. The molecule has 3 aliphatic rings. The molecule has 1 saturated heterocycles. The maximum absolute atomic E-state index is 13.4. The van der Waals surface area contributed by atoms with Crippen molar-refractivity contribution in [1.82, 2.24) is 0 Å². The van der Waals surface area contributed by atoms with E-state index >= 15 is 0 Å². The average Bonchev–Trinajstić information content (AvgIpc) is 3.19. The van der Waals surface area contributed by atoms with Gasteiger partial charge in [0.25, 0.3) is 0 Å². The van der Waals surface area contributed by atoms with Crippen LogP contribution in [0, 0.1) is 17.8 Å². The van der Waals surface area contributed by atoms with Gasteiger partial charge < -0.3 is 9.47 Å². The molecule has 0 unspecified atom stereocenters. The molecule has 0 spiro atoms. The molecule has 1 aromatic carbocycles. The van der Waals surface area contributed by atoms with E-state index in [4.69, 9.17) is 9.47 Å². The first-order valence-corrected chi connectivity index (χ1v) is 8.73. The number of rotatable bonds is 3. The Morgan fingerprint density at radius 1 is 1.23 bits per heavy atom. The summed E-state index contributed by atoms with van der Waals surface area (Å²) in [6.07, 6.45) is 3.43. The Bertz CT molecular complexity index is 754. The Morgan fingerprint density at radius 3 is 2.64 bits per heavy atom. The number of benzene rings is 1. The number of allylic oxidation sites excluding steroid dienone is 2. The predicted molar refractivity (Wildman–Crippen MR) is 77.5 cm³/mol. The molecule has 0 aromatic heterocycles. The van der Waals surface area contributed by atoms with Crippen molar-refractivity contribution in [3.05, 3.63) is 42.5 Å². The largest absolute Gasteiger partial charge is 0.434 e. The van der Waals surface area contributed by atoms with Crippen LogP contribution in [0.4, 0.5) is 0 Å². The number of cyclic esters (lactones) is 1. The molecule has 22 heavy (non-hydrogen) atoms. The topological polar surface area (TPSA) is 69.7 Å². The van der Waals surface area contributed by atoms with Crippen molar-refractivity contribution in [3.63, 3.8) is 0 Å². The van der Waals surface area contributed by atoms with Crippen molar-refractivity contribution in [2.75, 3.05) is 7.11 Å². The van der Waals surface area contributed by atoms with E-state index in [1.54, 1.807) is 30.3 Å². The van der Waals surface area contributed by atoms with Gasteiger partial charge in [0.1, 0.15) is 0 Å². The maximum atomic E-state index is 13.4. The van der Waals surface area contributed by atoms with Crippen LogP contribution in [0.5, 0.6) is 0 Å². The number of sulfone groups is 1. The normalized spacial score (nSPS) is 39.0. The van der Waals surface area contributed by atoms with Gasteiger partial charge in [0.2, 0.25) is 6.29 Å². The fourth-order valence-electron chi connectivity index (χ4n) is 4.35. The highest BCUT2D eigenvalue weighted by Gasteiger charge is 2.75. The van der Waals surface area contributed by atoms with Crippen LogP contribution in [0.15, 0.2) is 47.4 Å². The molecule has 0 N–H and O–H groups in total. The van der Waals surface area contributed by atoms with Crippen LogP contribution in [-0.2, 0) is 24.1 Å². The lowest BCUT2D eigenvalue weighted by molar-refractivity contribution is -0.162. The lowest BCUT2D eigenvalue weighted by Crippen LogP contribution is -2.54. The second-order valence-electron chi connectivity index (χ2n) is 6.04. The van der Waals surface area contributed by atoms with E-state index < -0.39 is 32.8 Å². The molecule has 2 aliphatic carbocycles. The first-order valence-electron chi connectivity index (χ1n) is 7.24. The van der Waals surface area contributed by atoms with Crippen molar-refractivity contribution in [1.29, 1.82) is 0 Å². The van der Waals surface area contributed by atoms with Gasteiger partial charge in [0, 0.05) is 13.0 Å². The van der Waals surface area contributed by atoms with Gasteiger partial charge in [-0.2, -0.15) is 0 Å². The summed E-state index contributed by atoms with van der Waals surface area (Å²) < 4.78 is 36.0. The number of hydrogen-bond acceptors (Lipinski definition) is 5. The Morgan fingerprint density at radius 2 is 1.95 bits per heavy atom. The number of hydrogen-bond donors (Lipinski definition) is 0. The molecule has 4 rings (SSSR count). The Balaban J connectivity index is 1.97. The highest BCUT2D eigenvalue weighted by Crippen LogP contribution is 2.61. The van der Waals surface area contributed by atoms with Gasteiger partial charge in [0.05, 0.1) is 10.8 Å². The van der Waals surface area contributed by atoms with Gasteiger partial charge in [-0.05, 0) is 24.5 Å². The van der Waals surface area contributed by atoms with Gasteiger partial charge in [-0.1, -0.05) is 30.4 Å². The Hall–Kier alpha value is -1.66. The van der Waals surface area contributed by atoms with E-state index in [1.165, 1.54) is 7.11 Å². The van der Waals surface area contributed by atoms with Crippen LogP contribution in [0.2, 0.25) is 0 Å². The van der Waals surface area contributed by atoms with Gasteiger partial charge >= 0.3 is 5.97 Å². The number of methoxy groups -OCH3 is 1. The molecule has 5 nitrogen and oxygen atoms in total. The summed E-state index contributed by atoms with van der Waals surface area (Å²) >= 11 is 0. The van der Waals surface area contributed by atoms with E-state index in [1.807, 2.05) is 12.2 Å². The van der Waals surface area contributed by atoms with E-state index in [-0.39, 0.29) is 16.7 Å². The minimum absolute atomic E-state index is 0.0869. The van der Waals surface area contributed by atoms with Crippen molar-refractivity contribution >= 4 is 15.8 Å². The molecule has 2 fully saturated rings. The summed E-state index contributed by atoms with van der Waals surface area (Å²) in [5.41, 5.74) is 0. The summed E-state index contributed by atoms with van der Waals surface area (Å²) in [5, 5.41) is 0. The summed E-state index contributed by atoms with van der Waals surface area (Å²) in [6.45, 7) is 0. The van der Waals surface area contributed by atoms with Crippen molar-refractivity contribution < 1.29 is 22.7 Å². The molecule has 1 heterocycles. The summed E-state index contributed by atoms with van der Waals surface area (Å²) in [4.78, 5) is 12.5. The fourth-order valence-corrected chi connectivity index (χ4v) is 6.85. The van der Waals surface area contributed by atoms with E-state index in [2.05, 4.69) is 0 Å². The summed E-state index contributed by atoms with van der Waals surface area (Å²) in [7, 11) is -2.40. The number of esters is 1. The lowest BCUT2D eigenvalue weighted by atomic mass is 9.83. The number of carbonyl (C=O) groups is 1. The van der Waals surface area contributed by atoms with E-state index in [0.29, 0.717) is 6.42 Å². The lowest BCUT2D eigenvalue weighted by Gasteiger charge is -2.36. The molecule has 0 radical (unpaired) electrons. The zero-order valence-corrected chi connectivity index (χ0v) is 12.8. The Kier molecular flexibility index (Phi) is 2.81. The quantitative estimate of drug-likeness (QED) is 0.624. The molecule has 1 aromatic rings. The number of fused-ring (bicyclic) bond motifs is 5. The minimum atomic E-state index is -3.78. The van der Waals surface area contributed by atoms with Gasteiger partial charge in [0.15, 0.2) is 14.6 Å². The second-order valence-corrected chi connectivity index (χ2v) is 8.23. The standard InChI is InChI=1S/C16H16O5S/c1-20-15-16(22(18,19)12-5-3-2-4-6-12)11-8-7-10(9-11)13(16)14(17)21-15/h2-8,10-11,13,15H,9H2,1H3/t10-,11+,13+,15+,16-/m0/s1. The van der Waals surface area contributed by atoms with Gasteiger partial charge in [-0.25, -0.2) is 8.42 Å². The number of ether oxygens (including phenoxy) is 2. The molecule has 116 valence electrons. The molecule has 6 heteroatoms. The first-order chi connectivity index (χ1) is 10.5. The zero-order valence-electron chi connectivity index (χ0n) is 12.0. The highest BCUT2D eigenvalue weighted by molar-refractivity contribution is 7.93. The minimum Gasteiger partial charge on any atom is -0.434 e. The van der Waals surface area contributed by atoms with Gasteiger partial charge in [-0.3, -0.25) is 4.79 Å².